The van der Waals surface area contributed by atoms with E-state index in [9.17, 15) is 9.59 Å². The summed E-state index contributed by atoms with van der Waals surface area (Å²) in [7, 11) is 0. The van der Waals surface area contributed by atoms with Gasteiger partial charge < -0.3 is 15.0 Å². The highest BCUT2D eigenvalue weighted by Gasteiger charge is 2.18. The van der Waals surface area contributed by atoms with Crippen molar-refractivity contribution >= 4 is 17.5 Å². The van der Waals surface area contributed by atoms with Gasteiger partial charge in [-0.25, -0.2) is 0 Å². The zero-order valence-corrected chi connectivity index (χ0v) is 15.5. The fraction of sp³-hybridized carbons (Fsp3) is 0.579. The Hall–Kier alpha value is -2.04. The number of nitrogens with one attached hydrogen (secondary N) is 1. The minimum atomic E-state index is -0.0772. The molecule has 5 nitrogen and oxygen atoms in total. The number of rotatable bonds is 9. The van der Waals surface area contributed by atoms with Gasteiger partial charge in [-0.1, -0.05) is 26.0 Å². The maximum Gasteiger partial charge on any atom is 0.224 e. The monoisotopic (exact) mass is 334 g/mol. The number of nitrogens with zero attached hydrogens (tertiary/aromatic N) is 1. The molecule has 0 bridgehead atoms. The molecule has 0 radical (unpaired) electrons. The molecule has 0 fully saturated rings. The van der Waals surface area contributed by atoms with Crippen molar-refractivity contribution < 1.29 is 14.3 Å². The van der Waals surface area contributed by atoms with Crippen LogP contribution in [-0.4, -0.2) is 31.0 Å². The second-order valence-corrected chi connectivity index (χ2v) is 6.11. The fourth-order valence-corrected chi connectivity index (χ4v) is 2.58. The van der Waals surface area contributed by atoms with Gasteiger partial charge in [0.25, 0.3) is 0 Å². The van der Waals surface area contributed by atoms with Crippen LogP contribution in [0.3, 0.4) is 0 Å². The Kier molecular flexibility index (Phi) is 8.30. The maximum absolute atomic E-state index is 12.1. The lowest BCUT2D eigenvalue weighted by atomic mass is 10.0. The number of hydrogen-bond donors (Lipinski definition) is 1. The van der Waals surface area contributed by atoms with Crippen molar-refractivity contribution in [3.63, 3.8) is 0 Å². The minimum Gasteiger partial charge on any atom is -0.489 e. The van der Waals surface area contributed by atoms with Crippen molar-refractivity contribution in [3.8, 4) is 5.75 Å². The molecule has 0 spiro atoms. The van der Waals surface area contributed by atoms with Gasteiger partial charge in [0.1, 0.15) is 5.75 Å². The number of carbonyl (C=O) groups excluding carboxylic acids is 2. The lowest BCUT2D eigenvalue weighted by Crippen LogP contribution is -2.39. The van der Waals surface area contributed by atoms with Crippen LogP contribution in [0.5, 0.6) is 5.75 Å². The highest BCUT2D eigenvalue weighted by atomic mass is 16.5. The highest BCUT2D eigenvalue weighted by molar-refractivity contribution is 5.93. The molecule has 1 aromatic carbocycles. The standard InChI is InChI=1S/C19H30N2O3/c1-6-16(7-2)19(23)20-12-13-21(15(5)22)17-10-8-9-11-18(17)24-14(3)4/h8-11,14,16H,6-7,12-13H2,1-5H3,(H,20,23). The summed E-state index contributed by atoms with van der Waals surface area (Å²) in [4.78, 5) is 25.8. The summed E-state index contributed by atoms with van der Waals surface area (Å²) in [6.45, 7) is 10.3. The molecule has 24 heavy (non-hydrogen) atoms. The maximum atomic E-state index is 12.1. The Balaban J connectivity index is 2.79. The van der Waals surface area contributed by atoms with Crippen molar-refractivity contribution in [1.82, 2.24) is 5.32 Å². The van der Waals surface area contributed by atoms with Crippen LogP contribution in [0.15, 0.2) is 24.3 Å². The first-order chi connectivity index (χ1) is 11.4. The van der Waals surface area contributed by atoms with E-state index in [0.717, 1.165) is 18.5 Å². The van der Waals surface area contributed by atoms with E-state index >= 15 is 0 Å². The Morgan fingerprint density at radius 3 is 2.33 bits per heavy atom. The van der Waals surface area contributed by atoms with Crippen LogP contribution in [-0.2, 0) is 9.59 Å². The van der Waals surface area contributed by atoms with Gasteiger partial charge in [-0.05, 0) is 38.8 Å². The number of carbonyl (C=O) groups is 2. The molecule has 0 aliphatic carbocycles. The van der Waals surface area contributed by atoms with E-state index in [1.165, 1.54) is 6.92 Å². The molecule has 2 amide bonds. The Bertz CT molecular complexity index is 539. The van der Waals surface area contributed by atoms with Crippen molar-refractivity contribution in [2.45, 2.75) is 53.6 Å². The van der Waals surface area contributed by atoms with Gasteiger partial charge in [-0.15, -0.1) is 0 Å². The molecule has 0 unspecified atom stereocenters. The number of benzene rings is 1. The fourth-order valence-electron chi connectivity index (χ4n) is 2.58. The number of para-hydroxylation sites is 2. The second kappa shape index (κ2) is 9.96. The van der Waals surface area contributed by atoms with Crippen LogP contribution in [0, 0.1) is 5.92 Å². The summed E-state index contributed by atoms with van der Waals surface area (Å²) < 4.78 is 5.80. The van der Waals surface area contributed by atoms with Crippen molar-refractivity contribution in [2.24, 2.45) is 5.92 Å². The van der Waals surface area contributed by atoms with E-state index in [0.29, 0.717) is 18.8 Å². The van der Waals surface area contributed by atoms with Gasteiger partial charge in [-0.2, -0.15) is 0 Å². The summed E-state index contributed by atoms with van der Waals surface area (Å²) in [6.07, 6.45) is 1.67. The highest BCUT2D eigenvalue weighted by Crippen LogP contribution is 2.28. The minimum absolute atomic E-state index is 0.0227. The second-order valence-electron chi connectivity index (χ2n) is 6.11. The molecular formula is C19H30N2O3. The topological polar surface area (TPSA) is 58.6 Å². The summed E-state index contributed by atoms with van der Waals surface area (Å²) in [5.74, 6) is 0.683. The Morgan fingerprint density at radius 2 is 1.79 bits per heavy atom. The molecule has 0 saturated heterocycles. The van der Waals surface area contributed by atoms with Crippen LogP contribution in [0.1, 0.15) is 47.5 Å². The lowest BCUT2D eigenvalue weighted by Gasteiger charge is -2.25. The van der Waals surface area contributed by atoms with Crippen LogP contribution in [0.25, 0.3) is 0 Å². The predicted octanol–water partition coefficient (Wildman–Crippen LogP) is 3.38. The van der Waals surface area contributed by atoms with Crippen LogP contribution >= 0.6 is 0 Å². The first-order valence-corrected chi connectivity index (χ1v) is 8.72. The number of hydrogen-bond acceptors (Lipinski definition) is 3. The molecule has 0 heterocycles. The SMILES string of the molecule is CCC(CC)C(=O)NCCN(C(C)=O)c1ccccc1OC(C)C. The van der Waals surface area contributed by atoms with Crippen LogP contribution in [0.2, 0.25) is 0 Å². The summed E-state index contributed by atoms with van der Waals surface area (Å²) in [5.41, 5.74) is 0.732. The Labute approximate surface area is 145 Å². The molecule has 0 aromatic heterocycles. The molecule has 0 atom stereocenters. The molecular weight excluding hydrogens is 304 g/mol. The molecule has 0 aliphatic rings. The van der Waals surface area contributed by atoms with E-state index in [2.05, 4.69) is 5.32 Å². The summed E-state index contributed by atoms with van der Waals surface area (Å²) in [5, 5.41) is 2.93. The smallest absolute Gasteiger partial charge is 0.224 e. The number of amides is 2. The van der Waals surface area contributed by atoms with Crippen molar-refractivity contribution in [3.05, 3.63) is 24.3 Å². The van der Waals surface area contributed by atoms with Crippen molar-refractivity contribution in [1.29, 1.82) is 0 Å². The van der Waals surface area contributed by atoms with Crippen LogP contribution in [0.4, 0.5) is 5.69 Å². The largest absolute Gasteiger partial charge is 0.489 e. The molecule has 5 heteroatoms. The van der Waals surface area contributed by atoms with E-state index in [1.807, 2.05) is 52.0 Å². The molecule has 1 rings (SSSR count). The third kappa shape index (κ3) is 5.87. The lowest BCUT2D eigenvalue weighted by molar-refractivity contribution is -0.125. The third-order valence-corrected chi connectivity index (χ3v) is 3.89. The van der Waals surface area contributed by atoms with Crippen molar-refractivity contribution in [2.75, 3.05) is 18.0 Å². The molecule has 134 valence electrons. The van der Waals surface area contributed by atoms with E-state index in [4.69, 9.17) is 4.74 Å². The van der Waals surface area contributed by atoms with Gasteiger partial charge in [0, 0.05) is 25.9 Å². The predicted molar refractivity (Wildman–Crippen MR) is 97.3 cm³/mol. The van der Waals surface area contributed by atoms with Gasteiger partial charge in [0.15, 0.2) is 0 Å². The summed E-state index contributed by atoms with van der Waals surface area (Å²) in [6, 6.07) is 7.48. The normalized spacial score (nSPS) is 10.8. The Morgan fingerprint density at radius 1 is 1.17 bits per heavy atom. The third-order valence-electron chi connectivity index (χ3n) is 3.89. The van der Waals surface area contributed by atoms with Gasteiger partial charge >= 0.3 is 0 Å². The van der Waals surface area contributed by atoms with E-state index < -0.39 is 0 Å². The first kappa shape index (κ1) is 20.0. The first-order valence-electron chi connectivity index (χ1n) is 8.72. The quantitative estimate of drug-likeness (QED) is 0.753. The average Bonchev–Trinajstić information content (AvgIpc) is 2.53. The van der Waals surface area contributed by atoms with Gasteiger partial charge in [0.05, 0.1) is 11.8 Å². The van der Waals surface area contributed by atoms with Gasteiger partial charge in [-0.3, -0.25) is 9.59 Å². The van der Waals surface area contributed by atoms with Gasteiger partial charge in [0.2, 0.25) is 11.8 Å². The summed E-state index contributed by atoms with van der Waals surface area (Å²) >= 11 is 0. The number of anilines is 1. The zero-order chi connectivity index (χ0) is 18.1. The molecule has 1 aromatic rings. The van der Waals surface area contributed by atoms with E-state index in [1.54, 1.807) is 4.90 Å². The molecule has 1 N–H and O–H groups in total. The molecule has 0 saturated carbocycles. The van der Waals surface area contributed by atoms with Crippen LogP contribution < -0.4 is 15.0 Å². The average molecular weight is 334 g/mol. The number of ether oxygens (including phenoxy) is 1. The zero-order valence-electron chi connectivity index (χ0n) is 15.5. The molecule has 0 aliphatic heterocycles. The van der Waals surface area contributed by atoms with E-state index in [-0.39, 0.29) is 23.8 Å².